The number of carbonyl (C=O) groups excluding carboxylic acids is 1. The number of nitrogens with one attached hydrogen (secondary N) is 1. The number of rotatable bonds is 9. The lowest BCUT2D eigenvalue weighted by Crippen LogP contribution is -2.14. The number of hydrogen-bond acceptors (Lipinski definition) is 5. The van der Waals surface area contributed by atoms with E-state index in [2.05, 4.69) is 21.6 Å². The topological polar surface area (TPSA) is 69.0 Å². The van der Waals surface area contributed by atoms with Gasteiger partial charge in [0.1, 0.15) is 11.6 Å². The minimum atomic E-state index is -0.0761. The fraction of sp³-hybridized carbons (Fsp3) is 0.318. The Balaban J connectivity index is 1.45. The van der Waals surface area contributed by atoms with Crippen molar-refractivity contribution in [3.05, 3.63) is 63.4 Å². The Morgan fingerprint density at radius 2 is 1.87 bits per heavy atom. The number of amides is 1. The van der Waals surface area contributed by atoms with Gasteiger partial charge in [0.15, 0.2) is 5.16 Å². The van der Waals surface area contributed by atoms with E-state index in [1.54, 1.807) is 18.2 Å². The van der Waals surface area contributed by atoms with Crippen LogP contribution in [0.25, 0.3) is 0 Å². The van der Waals surface area contributed by atoms with Gasteiger partial charge in [-0.25, -0.2) is 0 Å². The molecule has 164 valence electrons. The zero-order chi connectivity index (χ0) is 22.4. The molecule has 3 rings (SSSR count). The van der Waals surface area contributed by atoms with E-state index in [9.17, 15) is 4.79 Å². The second kappa shape index (κ2) is 10.9. The van der Waals surface area contributed by atoms with E-state index in [1.807, 2.05) is 37.6 Å². The standard InChI is InChI=1S/C22H24Cl2N4O2S/c1-14-9-15(2)11-17(10-14)25-21(29)13-31-22-27-26-20(28(22)3)5-4-8-30-19-7-6-16(23)12-18(19)24/h6-7,9-12H,4-5,8,13H2,1-3H3,(H,25,29). The molecule has 6 nitrogen and oxygen atoms in total. The minimum Gasteiger partial charge on any atom is -0.492 e. The molecule has 2 aromatic carbocycles. The molecular formula is C22H24Cl2N4O2S. The molecule has 9 heteroatoms. The first-order valence-corrected chi connectivity index (χ1v) is 11.5. The highest BCUT2D eigenvalue weighted by atomic mass is 35.5. The van der Waals surface area contributed by atoms with Crippen LogP contribution in [0.5, 0.6) is 5.75 Å². The Kier molecular flexibility index (Phi) is 8.23. The van der Waals surface area contributed by atoms with Gasteiger partial charge in [-0.1, -0.05) is 41.0 Å². The normalized spacial score (nSPS) is 10.9. The van der Waals surface area contributed by atoms with Crippen molar-refractivity contribution in [2.45, 2.75) is 31.8 Å². The molecule has 0 aliphatic rings. The largest absolute Gasteiger partial charge is 0.492 e. The van der Waals surface area contributed by atoms with Gasteiger partial charge in [-0.15, -0.1) is 10.2 Å². The summed E-state index contributed by atoms with van der Waals surface area (Å²) in [6.07, 6.45) is 1.45. The third-order valence-corrected chi connectivity index (χ3v) is 6.01. The second-order valence-corrected chi connectivity index (χ2v) is 8.98. The first kappa shape index (κ1) is 23.4. The van der Waals surface area contributed by atoms with Crippen LogP contribution in [0.4, 0.5) is 5.69 Å². The lowest BCUT2D eigenvalue weighted by atomic mass is 10.1. The quantitative estimate of drug-likeness (QED) is 0.325. The number of ether oxygens (including phenoxy) is 1. The molecular weight excluding hydrogens is 455 g/mol. The molecule has 0 saturated carbocycles. The minimum absolute atomic E-state index is 0.0761. The first-order chi connectivity index (χ1) is 14.8. The maximum absolute atomic E-state index is 12.3. The zero-order valence-electron chi connectivity index (χ0n) is 17.6. The number of anilines is 1. The van der Waals surface area contributed by atoms with E-state index < -0.39 is 0 Å². The molecule has 0 aliphatic heterocycles. The molecule has 1 heterocycles. The molecule has 0 atom stereocenters. The number of thioether (sulfide) groups is 1. The van der Waals surface area contributed by atoms with Gasteiger partial charge in [-0.2, -0.15) is 0 Å². The summed E-state index contributed by atoms with van der Waals surface area (Å²) in [6, 6.07) is 11.1. The fourth-order valence-electron chi connectivity index (χ4n) is 3.07. The summed E-state index contributed by atoms with van der Waals surface area (Å²) in [5, 5.41) is 13.1. The van der Waals surface area contributed by atoms with E-state index in [0.717, 1.165) is 29.1 Å². The van der Waals surface area contributed by atoms with Crippen LogP contribution in [-0.2, 0) is 18.3 Å². The van der Waals surface area contributed by atoms with Gasteiger partial charge >= 0.3 is 0 Å². The third-order valence-electron chi connectivity index (χ3n) is 4.46. The highest BCUT2D eigenvalue weighted by Gasteiger charge is 2.12. The van der Waals surface area contributed by atoms with Crippen molar-refractivity contribution in [2.24, 2.45) is 7.05 Å². The summed E-state index contributed by atoms with van der Waals surface area (Å²) >= 11 is 13.4. The number of benzene rings is 2. The smallest absolute Gasteiger partial charge is 0.234 e. The van der Waals surface area contributed by atoms with Crippen molar-refractivity contribution in [2.75, 3.05) is 17.7 Å². The van der Waals surface area contributed by atoms with Crippen molar-refractivity contribution in [3.63, 3.8) is 0 Å². The average molecular weight is 479 g/mol. The second-order valence-electron chi connectivity index (χ2n) is 7.20. The lowest BCUT2D eigenvalue weighted by Gasteiger charge is -2.08. The van der Waals surface area contributed by atoms with Gasteiger partial charge < -0.3 is 14.6 Å². The number of aryl methyl sites for hydroxylation is 3. The van der Waals surface area contributed by atoms with Crippen LogP contribution in [0, 0.1) is 13.8 Å². The highest BCUT2D eigenvalue weighted by molar-refractivity contribution is 7.99. The number of nitrogens with zero attached hydrogens (tertiary/aromatic N) is 3. The van der Waals surface area contributed by atoms with Crippen LogP contribution >= 0.6 is 35.0 Å². The van der Waals surface area contributed by atoms with Gasteiger partial charge in [0.05, 0.1) is 17.4 Å². The van der Waals surface area contributed by atoms with Crippen LogP contribution in [0.1, 0.15) is 23.4 Å². The van der Waals surface area contributed by atoms with Crippen molar-refractivity contribution in [1.82, 2.24) is 14.8 Å². The van der Waals surface area contributed by atoms with Gasteiger partial charge in [0, 0.05) is 24.2 Å². The van der Waals surface area contributed by atoms with Crippen LogP contribution in [-0.4, -0.2) is 33.0 Å². The first-order valence-electron chi connectivity index (χ1n) is 9.79. The summed E-state index contributed by atoms with van der Waals surface area (Å²) in [6.45, 7) is 4.51. The van der Waals surface area contributed by atoms with E-state index in [1.165, 1.54) is 11.8 Å². The monoisotopic (exact) mass is 478 g/mol. The molecule has 0 bridgehead atoms. The Morgan fingerprint density at radius 1 is 1.13 bits per heavy atom. The molecule has 1 amide bonds. The van der Waals surface area contributed by atoms with Gasteiger partial charge in [0.25, 0.3) is 0 Å². The molecule has 0 spiro atoms. The molecule has 1 N–H and O–H groups in total. The van der Waals surface area contributed by atoms with E-state index in [4.69, 9.17) is 27.9 Å². The van der Waals surface area contributed by atoms with Crippen molar-refractivity contribution >= 4 is 46.6 Å². The number of hydrogen-bond donors (Lipinski definition) is 1. The van der Waals surface area contributed by atoms with Crippen LogP contribution < -0.4 is 10.1 Å². The predicted molar refractivity (Wildman–Crippen MR) is 127 cm³/mol. The highest BCUT2D eigenvalue weighted by Crippen LogP contribution is 2.27. The van der Waals surface area contributed by atoms with E-state index in [-0.39, 0.29) is 11.7 Å². The van der Waals surface area contributed by atoms with Crippen molar-refractivity contribution in [3.8, 4) is 5.75 Å². The Labute approximate surface area is 196 Å². The maximum Gasteiger partial charge on any atom is 0.234 e. The number of halogens is 2. The van der Waals surface area contributed by atoms with Gasteiger partial charge in [-0.05, 0) is 61.7 Å². The molecule has 3 aromatic rings. The van der Waals surface area contributed by atoms with Gasteiger partial charge in [-0.3, -0.25) is 4.79 Å². The number of aromatic nitrogens is 3. The maximum atomic E-state index is 12.3. The van der Waals surface area contributed by atoms with E-state index in [0.29, 0.717) is 34.0 Å². The van der Waals surface area contributed by atoms with Gasteiger partial charge in [0.2, 0.25) is 5.91 Å². The summed E-state index contributed by atoms with van der Waals surface area (Å²) in [5.41, 5.74) is 3.04. The molecule has 1 aromatic heterocycles. The van der Waals surface area contributed by atoms with Crippen LogP contribution in [0.3, 0.4) is 0 Å². The predicted octanol–water partition coefficient (Wildman–Crippen LogP) is 5.48. The lowest BCUT2D eigenvalue weighted by molar-refractivity contribution is -0.113. The van der Waals surface area contributed by atoms with Crippen LogP contribution in [0.15, 0.2) is 41.6 Å². The third kappa shape index (κ3) is 6.89. The van der Waals surface area contributed by atoms with Crippen molar-refractivity contribution < 1.29 is 9.53 Å². The summed E-state index contributed by atoms with van der Waals surface area (Å²) < 4.78 is 7.61. The molecule has 0 fully saturated rings. The fourth-order valence-corrected chi connectivity index (χ4v) is 4.26. The number of carbonyl (C=O) groups is 1. The summed E-state index contributed by atoms with van der Waals surface area (Å²) in [4.78, 5) is 12.3. The summed E-state index contributed by atoms with van der Waals surface area (Å²) in [5.74, 6) is 1.63. The average Bonchev–Trinajstić information content (AvgIpc) is 3.04. The zero-order valence-corrected chi connectivity index (χ0v) is 19.9. The van der Waals surface area contributed by atoms with Crippen LogP contribution in [0.2, 0.25) is 10.0 Å². The molecule has 0 unspecified atom stereocenters. The molecule has 0 aliphatic carbocycles. The Morgan fingerprint density at radius 3 is 2.58 bits per heavy atom. The SMILES string of the molecule is Cc1cc(C)cc(NC(=O)CSc2nnc(CCCOc3ccc(Cl)cc3Cl)n2C)c1. The Hall–Kier alpha value is -2.22. The van der Waals surface area contributed by atoms with Crippen molar-refractivity contribution in [1.29, 1.82) is 0 Å². The summed E-state index contributed by atoms with van der Waals surface area (Å²) in [7, 11) is 1.90. The Bertz CT molecular complexity index is 1050. The molecule has 0 saturated heterocycles. The van der Waals surface area contributed by atoms with E-state index >= 15 is 0 Å². The molecule has 0 radical (unpaired) electrons. The molecule has 31 heavy (non-hydrogen) atoms.